The molecular formula is C26H19BrN4O4S2. The average Bonchev–Trinajstić information content (AvgIpc) is 3.28. The van der Waals surface area contributed by atoms with E-state index in [9.17, 15) is 13.2 Å². The second-order valence-corrected chi connectivity index (χ2v) is 11.7. The van der Waals surface area contributed by atoms with Crippen molar-refractivity contribution in [3.8, 4) is 5.75 Å². The second kappa shape index (κ2) is 9.73. The van der Waals surface area contributed by atoms with Gasteiger partial charge in [-0.3, -0.25) is 10.2 Å². The van der Waals surface area contributed by atoms with Crippen LogP contribution in [0, 0.1) is 19.3 Å². The molecule has 3 aromatic carbocycles. The van der Waals surface area contributed by atoms with E-state index in [0.717, 1.165) is 16.7 Å². The van der Waals surface area contributed by atoms with E-state index in [-0.39, 0.29) is 32.8 Å². The fourth-order valence-electron chi connectivity index (χ4n) is 3.54. The number of carbonyl (C=O) groups excluding carboxylic acids is 1. The Morgan fingerprint density at radius 1 is 1.00 bits per heavy atom. The van der Waals surface area contributed by atoms with Crippen molar-refractivity contribution >= 4 is 65.8 Å². The molecule has 0 aromatic heterocycles. The summed E-state index contributed by atoms with van der Waals surface area (Å²) in [6, 6.07) is 18.7. The number of thioether (sulfide) groups is 1. The van der Waals surface area contributed by atoms with E-state index in [4.69, 9.17) is 9.59 Å². The highest BCUT2D eigenvalue weighted by atomic mass is 79.9. The predicted octanol–water partition coefficient (Wildman–Crippen LogP) is 5.50. The lowest BCUT2D eigenvalue weighted by atomic mass is 10.1. The zero-order valence-corrected chi connectivity index (χ0v) is 22.8. The van der Waals surface area contributed by atoms with Gasteiger partial charge in [-0.2, -0.15) is 23.5 Å². The molecule has 11 heteroatoms. The number of fused-ring (bicyclic) bond motifs is 1. The zero-order valence-electron chi connectivity index (χ0n) is 19.6. The van der Waals surface area contributed by atoms with Crippen LogP contribution in [0.4, 0.5) is 0 Å². The van der Waals surface area contributed by atoms with Crippen LogP contribution >= 0.6 is 27.7 Å². The first kappa shape index (κ1) is 25.1. The van der Waals surface area contributed by atoms with E-state index < -0.39 is 16.0 Å². The van der Waals surface area contributed by atoms with Gasteiger partial charge in [0.25, 0.3) is 5.91 Å². The fourth-order valence-corrected chi connectivity index (χ4v) is 5.77. The molecule has 2 aliphatic rings. The quantitative estimate of drug-likeness (QED) is 0.308. The van der Waals surface area contributed by atoms with Crippen molar-refractivity contribution in [3.05, 3.63) is 99.0 Å². The lowest BCUT2D eigenvalue weighted by Crippen LogP contribution is -2.35. The standard InChI is InChI=1S/C26H19BrN4O4S2/c1-15-3-7-17(8-4-15)25-30-31-23(28)21(24(32)29-26(31)36-25)14-18-13-19(27)9-12-22(18)35-37(33,34)20-10-5-16(2)6-11-20/h3-14,28H,1-2H3/b21-14-,28-23?. The number of carbonyl (C=O) groups is 1. The molecule has 2 aliphatic heterocycles. The Morgan fingerprint density at radius 3 is 2.32 bits per heavy atom. The lowest BCUT2D eigenvalue weighted by Gasteiger charge is -2.20. The number of hydrogen-bond donors (Lipinski definition) is 1. The van der Waals surface area contributed by atoms with Crippen LogP contribution in [0.1, 0.15) is 22.3 Å². The number of halogens is 1. The summed E-state index contributed by atoms with van der Waals surface area (Å²) in [4.78, 5) is 17.0. The molecule has 0 atom stereocenters. The summed E-state index contributed by atoms with van der Waals surface area (Å²) >= 11 is 4.58. The first-order chi connectivity index (χ1) is 17.6. The van der Waals surface area contributed by atoms with E-state index in [1.54, 1.807) is 24.3 Å². The molecule has 0 saturated carbocycles. The number of aryl methyl sites for hydroxylation is 2. The number of rotatable bonds is 5. The molecule has 0 bridgehead atoms. The van der Waals surface area contributed by atoms with E-state index in [0.29, 0.717) is 9.52 Å². The van der Waals surface area contributed by atoms with Crippen LogP contribution in [0.15, 0.2) is 91.8 Å². The SMILES string of the molecule is Cc1ccc(C2=NN3C(=N)/C(=C/c4cc(Br)ccc4OS(=O)(=O)c4ccc(C)cc4)C(=O)N=C3S2)cc1. The third-order valence-corrected chi connectivity index (χ3v) is 8.23. The summed E-state index contributed by atoms with van der Waals surface area (Å²) in [5.74, 6) is -0.792. The molecule has 3 aromatic rings. The van der Waals surface area contributed by atoms with Crippen molar-refractivity contribution in [2.45, 2.75) is 18.7 Å². The average molecular weight is 596 g/mol. The minimum absolute atomic E-state index is 0.00223. The van der Waals surface area contributed by atoms with Crippen molar-refractivity contribution in [2.24, 2.45) is 10.1 Å². The van der Waals surface area contributed by atoms with Crippen LogP contribution in [0.2, 0.25) is 0 Å². The maximum atomic E-state index is 12.9. The van der Waals surface area contributed by atoms with E-state index in [1.807, 2.05) is 38.1 Å². The molecule has 5 rings (SSSR count). The van der Waals surface area contributed by atoms with E-state index in [1.165, 1.54) is 41.0 Å². The summed E-state index contributed by atoms with van der Waals surface area (Å²) in [6.07, 6.45) is 1.39. The number of amides is 1. The Hall–Kier alpha value is -3.54. The predicted molar refractivity (Wildman–Crippen MR) is 148 cm³/mol. The Kier molecular flexibility index (Phi) is 6.61. The van der Waals surface area contributed by atoms with Gasteiger partial charge < -0.3 is 4.18 Å². The van der Waals surface area contributed by atoms with Gasteiger partial charge in [-0.1, -0.05) is 63.5 Å². The normalized spacial score (nSPS) is 16.5. The van der Waals surface area contributed by atoms with Crippen LogP contribution in [0.25, 0.3) is 6.08 Å². The largest absolute Gasteiger partial charge is 0.378 e. The van der Waals surface area contributed by atoms with Gasteiger partial charge in [-0.25, -0.2) is 0 Å². The van der Waals surface area contributed by atoms with E-state index in [2.05, 4.69) is 26.0 Å². The van der Waals surface area contributed by atoms with Crippen LogP contribution in [-0.4, -0.2) is 35.4 Å². The van der Waals surface area contributed by atoms with Crippen LogP contribution in [0.5, 0.6) is 5.75 Å². The fraction of sp³-hybridized carbons (Fsp3) is 0.0769. The Labute approximate surface area is 226 Å². The lowest BCUT2D eigenvalue weighted by molar-refractivity contribution is -0.114. The molecule has 186 valence electrons. The molecule has 37 heavy (non-hydrogen) atoms. The van der Waals surface area contributed by atoms with Crippen LogP contribution < -0.4 is 4.18 Å². The topological polar surface area (TPSA) is 112 Å². The summed E-state index contributed by atoms with van der Waals surface area (Å²) in [5.41, 5.74) is 3.10. The number of hydrazone groups is 1. The molecule has 0 radical (unpaired) electrons. The summed E-state index contributed by atoms with van der Waals surface area (Å²) in [6.45, 7) is 3.84. The number of aliphatic imine (C=N–C) groups is 1. The highest BCUT2D eigenvalue weighted by Gasteiger charge is 2.36. The first-order valence-electron chi connectivity index (χ1n) is 11.0. The Bertz CT molecular complexity index is 1640. The van der Waals surface area contributed by atoms with Gasteiger partial charge in [0.15, 0.2) is 5.84 Å². The molecule has 0 aliphatic carbocycles. The van der Waals surface area contributed by atoms with Crippen molar-refractivity contribution in [1.82, 2.24) is 5.01 Å². The van der Waals surface area contributed by atoms with Gasteiger partial charge in [-0.15, -0.1) is 0 Å². The maximum Gasteiger partial charge on any atom is 0.339 e. The van der Waals surface area contributed by atoms with Gasteiger partial charge in [0.05, 0.1) is 5.57 Å². The maximum absolute atomic E-state index is 12.9. The highest BCUT2D eigenvalue weighted by Crippen LogP contribution is 2.33. The Morgan fingerprint density at radius 2 is 1.65 bits per heavy atom. The Balaban J connectivity index is 1.49. The number of benzene rings is 3. The number of hydrogen-bond acceptors (Lipinski definition) is 7. The van der Waals surface area contributed by atoms with Gasteiger partial charge in [-0.05, 0) is 62.0 Å². The number of nitrogens with one attached hydrogen (secondary N) is 1. The van der Waals surface area contributed by atoms with E-state index >= 15 is 0 Å². The molecule has 0 spiro atoms. The summed E-state index contributed by atoms with van der Waals surface area (Å²) in [7, 11) is -4.13. The first-order valence-corrected chi connectivity index (χ1v) is 14.0. The van der Waals surface area contributed by atoms with Gasteiger partial charge >= 0.3 is 10.1 Å². The minimum Gasteiger partial charge on any atom is -0.378 e. The summed E-state index contributed by atoms with van der Waals surface area (Å²) < 4.78 is 31.9. The highest BCUT2D eigenvalue weighted by molar-refractivity contribution is 9.10. The minimum atomic E-state index is -4.13. The van der Waals surface area contributed by atoms with Crippen LogP contribution in [-0.2, 0) is 14.9 Å². The monoisotopic (exact) mass is 594 g/mol. The van der Waals surface area contributed by atoms with Gasteiger partial charge in [0.2, 0.25) is 5.17 Å². The smallest absolute Gasteiger partial charge is 0.339 e. The third-order valence-electron chi connectivity index (χ3n) is 5.53. The summed E-state index contributed by atoms with van der Waals surface area (Å²) in [5, 5.41) is 15.4. The molecule has 1 N–H and O–H groups in total. The van der Waals surface area contributed by atoms with Crippen molar-refractivity contribution in [1.29, 1.82) is 5.41 Å². The zero-order chi connectivity index (χ0) is 26.3. The molecule has 0 saturated heterocycles. The molecule has 1 amide bonds. The molecule has 0 fully saturated rings. The third kappa shape index (κ3) is 5.15. The van der Waals surface area contributed by atoms with Crippen LogP contribution in [0.3, 0.4) is 0 Å². The van der Waals surface area contributed by atoms with Crippen molar-refractivity contribution < 1.29 is 17.4 Å². The molecule has 8 nitrogen and oxygen atoms in total. The molecular weight excluding hydrogens is 576 g/mol. The molecule has 2 heterocycles. The van der Waals surface area contributed by atoms with Gasteiger partial charge in [0, 0.05) is 15.6 Å². The number of nitrogens with zero attached hydrogens (tertiary/aromatic N) is 3. The van der Waals surface area contributed by atoms with Crippen molar-refractivity contribution in [2.75, 3.05) is 0 Å². The van der Waals surface area contributed by atoms with Gasteiger partial charge in [0.1, 0.15) is 15.7 Å². The van der Waals surface area contributed by atoms with Crippen molar-refractivity contribution in [3.63, 3.8) is 0 Å². The number of amidine groups is 2. The molecule has 0 unspecified atom stereocenters. The second-order valence-electron chi connectivity index (χ2n) is 8.32.